The molecule has 1 saturated heterocycles. The van der Waals surface area contributed by atoms with Gasteiger partial charge in [-0.1, -0.05) is 24.1 Å². The molecular weight excluding hydrogens is 236 g/mol. The third-order valence-corrected chi connectivity index (χ3v) is 3.87. The van der Waals surface area contributed by atoms with E-state index in [-0.39, 0.29) is 5.91 Å². The number of carbonyl (C=O) groups is 1. The van der Waals surface area contributed by atoms with Crippen molar-refractivity contribution in [1.82, 2.24) is 10.2 Å². The molecule has 1 amide bonds. The molecule has 0 radical (unpaired) electrons. The molecule has 0 spiro atoms. The molecule has 1 N–H and O–H groups in total. The molecule has 1 heterocycles. The lowest BCUT2D eigenvalue weighted by atomic mass is 10.0. The van der Waals surface area contributed by atoms with Crippen molar-refractivity contribution < 1.29 is 4.79 Å². The SMILES string of the molecule is Cc1ccc(C(=O)N(C)CCC2CCCCN2)cc1. The van der Waals surface area contributed by atoms with Gasteiger partial charge in [0.2, 0.25) is 0 Å². The summed E-state index contributed by atoms with van der Waals surface area (Å²) in [5.74, 6) is 0.121. The summed E-state index contributed by atoms with van der Waals surface area (Å²) in [5, 5.41) is 3.52. The van der Waals surface area contributed by atoms with E-state index in [9.17, 15) is 4.79 Å². The fourth-order valence-electron chi connectivity index (χ4n) is 2.54. The van der Waals surface area contributed by atoms with Gasteiger partial charge in [-0.25, -0.2) is 0 Å². The van der Waals surface area contributed by atoms with Gasteiger partial charge in [0.15, 0.2) is 0 Å². The molecule has 0 aromatic heterocycles. The number of piperidine rings is 1. The molecule has 19 heavy (non-hydrogen) atoms. The van der Waals surface area contributed by atoms with Gasteiger partial charge in [0, 0.05) is 25.2 Å². The van der Waals surface area contributed by atoms with Crippen molar-refractivity contribution in [1.29, 1.82) is 0 Å². The number of benzene rings is 1. The number of hydrogen-bond acceptors (Lipinski definition) is 2. The fraction of sp³-hybridized carbons (Fsp3) is 0.562. The van der Waals surface area contributed by atoms with E-state index < -0.39 is 0 Å². The van der Waals surface area contributed by atoms with Gasteiger partial charge in [0.1, 0.15) is 0 Å². The van der Waals surface area contributed by atoms with E-state index in [1.54, 1.807) is 0 Å². The zero-order valence-corrected chi connectivity index (χ0v) is 12.0. The minimum atomic E-state index is 0.121. The van der Waals surface area contributed by atoms with Crippen LogP contribution in [0, 0.1) is 6.92 Å². The molecule has 1 aromatic carbocycles. The highest BCUT2D eigenvalue weighted by Gasteiger charge is 2.16. The van der Waals surface area contributed by atoms with E-state index >= 15 is 0 Å². The first kappa shape index (κ1) is 14.1. The van der Waals surface area contributed by atoms with E-state index in [4.69, 9.17) is 0 Å². The number of nitrogens with zero attached hydrogens (tertiary/aromatic N) is 1. The van der Waals surface area contributed by atoms with Crippen molar-refractivity contribution in [2.24, 2.45) is 0 Å². The van der Waals surface area contributed by atoms with Crippen LogP contribution >= 0.6 is 0 Å². The second-order valence-electron chi connectivity index (χ2n) is 5.53. The van der Waals surface area contributed by atoms with Crippen molar-refractivity contribution in [2.75, 3.05) is 20.1 Å². The third kappa shape index (κ3) is 4.06. The standard InChI is InChI=1S/C16H24N2O/c1-13-6-8-14(9-7-13)16(19)18(2)12-10-15-5-3-4-11-17-15/h6-9,15,17H,3-5,10-12H2,1-2H3. The molecule has 0 aliphatic carbocycles. The Bertz CT molecular complexity index is 407. The molecule has 0 saturated carbocycles. The predicted molar refractivity (Wildman–Crippen MR) is 78.4 cm³/mol. The Morgan fingerprint density at radius 1 is 1.32 bits per heavy atom. The predicted octanol–water partition coefficient (Wildman–Crippen LogP) is 2.60. The number of hydrogen-bond donors (Lipinski definition) is 1. The third-order valence-electron chi connectivity index (χ3n) is 3.87. The van der Waals surface area contributed by atoms with Crippen LogP contribution in [0.15, 0.2) is 24.3 Å². The van der Waals surface area contributed by atoms with Crippen LogP contribution in [0.3, 0.4) is 0 Å². The number of carbonyl (C=O) groups excluding carboxylic acids is 1. The topological polar surface area (TPSA) is 32.3 Å². The molecule has 1 atom stereocenters. The number of aryl methyl sites for hydroxylation is 1. The number of rotatable bonds is 4. The highest BCUT2D eigenvalue weighted by molar-refractivity contribution is 5.94. The molecule has 1 aromatic rings. The molecule has 2 rings (SSSR count). The lowest BCUT2D eigenvalue weighted by Gasteiger charge is -2.26. The Morgan fingerprint density at radius 3 is 2.68 bits per heavy atom. The summed E-state index contributed by atoms with van der Waals surface area (Å²) in [5.41, 5.74) is 1.97. The van der Waals surface area contributed by atoms with Crippen LogP contribution in [0.1, 0.15) is 41.6 Å². The molecule has 0 bridgehead atoms. The molecule has 1 fully saturated rings. The minimum absolute atomic E-state index is 0.121. The summed E-state index contributed by atoms with van der Waals surface area (Å²) in [6, 6.07) is 8.38. The van der Waals surface area contributed by atoms with Gasteiger partial charge in [-0.2, -0.15) is 0 Å². The molecule has 3 nitrogen and oxygen atoms in total. The average molecular weight is 260 g/mol. The maximum atomic E-state index is 12.2. The van der Waals surface area contributed by atoms with Crippen molar-refractivity contribution in [3.8, 4) is 0 Å². The average Bonchev–Trinajstić information content (AvgIpc) is 2.46. The van der Waals surface area contributed by atoms with E-state index in [1.165, 1.54) is 24.8 Å². The Labute approximate surface area is 116 Å². The van der Waals surface area contributed by atoms with Crippen LogP contribution < -0.4 is 5.32 Å². The number of nitrogens with one attached hydrogen (secondary N) is 1. The maximum absolute atomic E-state index is 12.2. The Morgan fingerprint density at radius 2 is 2.05 bits per heavy atom. The monoisotopic (exact) mass is 260 g/mol. The zero-order valence-electron chi connectivity index (χ0n) is 12.0. The first-order valence-corrected chi connectivity index (χ1v) is 7.22. The van der Waals surface area contributed by atoms with Gasteiger partial charge in [0.05, 0.1) is 0 Å². The Balaban J connectivity index is 1.83. The summed E-state index contributed by atoms with van der Waals surface area (Å²) in [6.45, 7) is 3.98. The largest absolute Gasteiger partial charge is 0.342 e. The van der Waals surface area contributed by atoms with Crippen molar-refractivity contribution in [2.45, 2.75) is 38.6 Å². The van der Waals surface area contributed by atoms with Crippen molar-refractivity contribution in [3.05, 3.63) is 35.4 Å². The van der Waals surface area contributed by atoms with Crippen LogP contribution in [0.25, 0.3) is 0 Å². The van der Waals surface area contributed by atoms with Gasteiger partial charge in [-0.15, -0.1) is 0 Å². The molecule has 1 aliphatic rings. The van der Waals surface area contributed by atoms with Crippen LogP contribution in [-0.4, -0.2) is 37.0 Å². The quantitative estimate of drug-likeness (QED) is 0.902. The second kappa shape index (κ2) is 6.71. The van der Waals surface area contributed by atoms with Gasteiger partial charge in [-0.05, 0) is 44.9 Å². The second-order valence-corrected chi connectivity index (χ2v) is 5.53. The van der Waals surface area contributed by atoms with Crippen LogP contribution in [0.5, 0.6) is 0 Å². The molecular formula is C16H24N2O. The lowest BCUT2D eigenvalue weighted by Crippen LogP contribution is -2.38. The van der Waals surface area contributed by atoms with Crippen LogP contribution in [0.2, 0.25) is 0 Å². The maximum Gasteiger partial charge on any atom is 0.253 e. The summed E-state index contributed by atoms with van der Waals surface area (Å²) in [4.78, 5) is 14.1. The fourth-order valence-corrected chi connectivity index (χ4v) is 2.54. The number of amides is 1. The van der Waals surface area contributed by atoms with Crippen molar-refractivity contribution >= 4 is 5.91 Å². The van der Waals surface area contributed by atoms with Gasteiger partial charge in [-0.3, -0.25) is 4.79 Å². The minimum Gasteiger partial charge on any atom is -0.342 e. The Hall–Kier alpha value is -1.35. The van der Waals surface area contributed by atoms with Gasteiger partial charge < -0.3 is 10.2 Å². The summed E-state index contributed by atoms with van der Waals surface area (Å²) >= 11 is 0. The van der Waals surface area contributed by atoms with Gasteiger partial charge >= 0.3 is 0 Å². The molecule has 1 aliphatic heterocycles. The Kier molecular flexibility index (Phi) is 4.97. The van der Waals surface area contributed by atoms with Crippen molar-refractivity contribution in [3.63, 3.8) is 0 Å². The summed E-state index contributed by atoms with van der Waals surface area (Å²) in [7, 11) is 1.89. The molecule has 3 heteroatoms. The van der Waals surface area contributed by atoms with E-state index in [1.807, 2.05) is 43.1 Å². The van der Waals surface area contributed by atoms with Crippen LogP contribution in [0.4, 0.5) is 0 Å². The highest BCUT2D eigenvalue weighted by atomic mass is 16.2. The summed E-state index contributed by atoms with van der Waals surface area (Å²) in [6.07, 6.45) is 4.89. The van der Waals surface area contributed by atoms with E-state index in [0.29, 0.717) is 6.04 Å². The molecule has 104 valence electrons. The first-order valence-electron chi connectivity index (χ1n) is 7.22. The smallest absolute Gasteiger partial charge is 0.253 e. The highest BCUT2D eigenvalue weighted by Crippen LogP contribution is 2.12. The summed E-state index contributed by atoms with van der Waals surface area (Å²) < 4.78 is 0. The first-order chi connectivity index (χ1) is 9.16. The van der Waals surface area contributed by atoms with E-state index in [0.717, 1.165) is 25.1 Å². The lowest BCUT2D eigenvalue weighted by molar-refractivity contribution is 0.0788. The van der Waals surface area contributed by atoms with E-state index in [2.05, 4.69) is 5.32 Å². The van der Waals surface area contributed by atoms with Gasteiger partial charge in [0.25, 0.3) is 5.91 Å². The zero-order chi connectivity index (χ0) is 13.7. The molecule has 1 unspecified atom stereocenters. The van der Waals surface area contributed by atoms with Crippen LogP contribution in [-0.2, 0) is 0 Å². The normalized spacial score (nSPS) is 19.2.